The molecule has 5 nitrogen and oxygen atoms in total. The lowest BCUT2D eigenvalue weighted by molar-refractivity contribution is -0.123. The zero-order chi connectivity index (χ0) is 25.1. The lowest BCUT2D eigenvalue weighted by atomic mass is 10.0. The molecule has 1 saturated carbocycles. The van der Waals surface area contributed by atoms with Crippen LogP contribution in [0, 0.1) is 19.8 Å². The first-order valence-electron chi connectivity index (χ1n) is 12.2. The molecule has 4 aromatic rings. The number of nitrogens with zero attached hydrogens (tertiary/aromatic N) is 3. The summed E-state index contributed by atoms with van der Waals surface area (Å²) in [5.74, 6) is 1.66. The summed E-state index contributed by atoms with van der Waals surface area (Å²) in [6, 6.07) is 24.2. The summed E-state index contributed by atoms with van der Waals surface area (Å²) in [5.41, 5.74) is 5.57. The molecule has 1 N–H and O–H groups in total. The number of hydrogen-bond acceptors (Lipinski definition) is 4. The quantitative estimate of drug-likeness (QED) is 0.253. The fourth-order valence-corrected chi connectivity index (χ4v) is 5.35. The van der Waals surface area contributed by atoms with Gasteiger partial charge in [0.25, 0.3) is 0 Å². The summed E-state index contributed by atoms with van der Waals surface area (Å²) in [7, 11) is 0. The SMILES string of the molecule is Cc1cccc(CSc2nnc(C(Cc3ccccc3)NC(=O)C3CC3)n2-c2cc(Cl)ccc2C)c1. The highest BCUT2D eigenvalue weighted by atomic mass is 35.5. The summed E-state index contributed by atoms with van der Waals surface area (Å²) in [6.45, 7) is 4.15. The third kappa shape index (κ3) is 5.82. The smallest absolute Gasteiger partial charge is 0.223 e. The number of benzene rings is 3. The van der Waals surface area contributed by atoms with E-state index in [0.717, 1.165) is 40.6 Å². The highest BCUT2D eigenvalue weighted by Crippen LogP contribution is 2.33. The standard InChI is InChI=1S/C29H29ClN4OS/c1-19-7-6-10-22(15-19)18-36-29-33-32-27(34(29)26-17-24(30)14-11-20(26)2)25(31-28(35)23-12-13-23)16-21-8-4-3-5-9-21/h3-11,14-15,17,23,25H,12-13,16,18H2,1-2H3,(H,31,35). The summed E-state index contributed by atoms with van der Waals surface area (Å²) < 4.78 is 2.07. The molecule has 0 saturated heterocycles. The Labute approximate surface area is 221 Å². The number of thioether (sulfide) groups is 1. The summed E-state index contributed by atoms with van der Waals surface area (Å²) >= 11 is 8.08. The van der Waals surface area contributed by atoms with Crippen molar-refractivity contribution < 1.29 is 4.79 Å². The second-order valence-corrected chi connectivity index (χ2v) is 10.8. The van der Waals surface area contributed by atoms with Crippen molar-refractivity contribution in [1.82, 2.24) is 20.1 Å². The van der Waals surface area contributed by atoms with Crippen LogP contribution in [0.4, 0.5) is 0 Å². The largest absolute Gasteiger partial charge is 0.345 e. The Hall–Kier alpha value is -3.09. The van der Waals surface area contributed by atoms with E-state index in [1.807, 2.05) is 36.4 Å². The minimum atomic E-state index is -0.320. The molecule has 3 aromatic carbocycles. The van der Waals surface area contributed by atoms with Crippen molar-refractivity contribution in [3.63, 3.8) is 0 Å². The number of carbonyl (C=O) groups excluding carboxylic acids is 1. The predicted molar refractivity (Wildman–Crippen MR) is 146 cm³/mol. The molecule has 1 aliphatic carbocycles. The number of nitrogens with one attached hydrogen (secondary N) is 1. The molecule has 1 fully saturated rings. The van der Waals surface area contributed by atoms with Gasteiger partial charge >= 0.3 is 0 Å². The molecule has 7 heteroatoms. The van der Waals surface area contributed by atoms with Crippen LogP contribution in [0.1, 0.15) is 47.0 Å². The minimum Gasteiger partial charge on any atom is -0.345 e. The first-order chi connectivity index (χ1) is 17.5. The number of rotatable bonds is 9. The lowest BCUT2D eigenvalue weighted by Gasteiger charge is -2.21. The fourth-order valence-electron chi connectivity index (χ4n) is 4.29. The topological polar surface area (TPSA) is 59.8 Å². The van der Waals surface area contributed by atoms with Gasteiger partial charge in [0.05, 0.1) is 11.7 Å². The van der Waals surface area contributed by atoms with E-state index in [9.17, 15) is 4.79 Å². The average molecular weight is 517 g/mol. The van der Waals surface area contributed by atoms with Crippen LogP contribution in [0.5, 0.6) is 0 Å². The van der Waals surface area contributed by atoms with Gasteiger partial charge in [-0.25, -0.2) is 0 Å². The van der Waals surface area contributed by atoms with E-state index >= 15 is 0 Å². The summed E-state index contributed by atoms with van der Waals surface area (Å²) in [5, 5.41) is 14.0. The average Bonchev–Trinajstić information content (AvgIpc) is 3.64. The van der Waals surface area contributed by atoms with E-state index < -0.39 is 0 Å². The van der Waals surface area contributed by atoms with Gasteiger partial charge in [0, 0.05) is 16.7 Å². The lowest BCUT2D eigenvalue weighted by Crippen LogP contribution is -2.33. The van der Waals surface area contributed by atoms with Crippen LogP contribution in [-0.4, -0.2) is 20.7 Å². The van der Waals surface area contributed by atoms with Crippen molar-refractivity contribution in [2.45, 2.75) is 50.1 Å². The van der Waals surface area contributed by atoms with Gasteiger partial charge in [0.15, 0.2) is 11.0 Å². The monoisotopic (exact) mass is 516 g/mol. The molecule has 1 aliphatic rings. The fraction of sp³-hybridized carbons (Fsp3) is 0.276. The van der Waals surface area contributed by atoms with E-state index in [-0.39, 0.29) is 17.9 Å². The second kappa shape index (κ2) is 10.9. The molecule has 1 heterocycles. The molecule has 1 atom stereocenters. The van der Waals surface area contributed by atoms with Crippen LogP contribution >= 0.6 is 23.4 Å². The van der Waals surface area contributed by atoms with E-state index in [2.05, 4.69) is 70.3 Å². The maximum atomic E-state index is 12.9. The molecule has 0 aliphatic heterocycles. The van der Waals surface area contributed by atoms with Gasteiger partial charge in [-0.2, -0.15) is 0 Å². The van der Waals surface area contributed by atoms with Crippen LogP contribution in [0.2, 0.25) is 5.02 Å². The number of carbonyl (C=O) groups is 1. The van der Waals surface area contributed by atoms with Gasteiger partial charge < -0.3 is 5.32 Å². The van der Waals surface area contributed by atoms with Crippen molar-refractivity contribution in [2.24, 2.45) is 5.92 Å². The zero-order valence-electron chi connectivity index (χ0n) is 20.4. The predicted octanol–water partition coefficient (Wildman–Crippen LogP) is 6.64. The van der Waals surface area contributed by atoms with Crippen LogP contribution in [0.25, 0.3) is 5.69 Å². The Morgan fingerprint density at radius 3 is 2.56 bits per heavy atom. The molecule has 0 bridgehead atoms. The van der Waals surface area contributed by atoms with Crippen molar-refractivity contribution >= 4 is 29.3 Å². The maximum Gasteiger partial charge on any atom is 0.223 e. The molecule has 0 spiro atoms. The Morgan fingerprint density at radius 2 is 1.81 bits per heavy atom. The van der Waals surface area contributed by atoms with Crippen molar-refractivity contribution in [1.29, 1.82) is 0 Å². The highest BCUT2D eigenvalue weighted by Gasteiger charge is 2.33. The van der Waals surface area contributed by atoms with Gasteiger partial charge in [-0.05, 0) is 61.9 Å². The number of aromatic nitrogens is 3. The van der Waals surface area contributed by atoms with Gasteiger partial charge in [-0.15, -0.1) is 10.2 Å². The number of amides is 1. The molecular formula is C29H29ClN4OS. The Bertz CT molecular complexity index is 1370. The Balaban J connectivity index is 1.55. The van der Waals surface area contributed by atoms with Crippen LogP contribution < -0.4 is 5.32 Å². The second-order valence-electron chi connectivity index (χ2n) is 9.41. The maximum absolute atomic E-state index is 12.9. The normalized spacial score (nSPS) is 14.0. The van der Waals surface area contributed by atoms with Gasteiger partial charge in [-0.3, -0.25) is 9.36 Å². The number of halogens is 1. The molecule has 5 rings (SSSR count). The van der Waals surface area contributed by atoms with Crippen molar-refractivity contribution in [3.05, 3.63) is 106 Å². The first kappa shape index (κ1) is 24.6. The highest BCUT2D eigenvalue weighted by molar-refractivity contribution is 7.98. The van der Waals surface area contributed by atoms with E-state index in [1.165, 1.54) is 11.1 Å². The molecule has 1 amide bonds. The minimum absolute atomic E-state index is 0.0854. The molecule has 1 aromatic heterocycles. The van der Waals surface area contributed by atoms with Crippen molar-refractivity contribution in [3.8, 4) is 5.69 Å². The third-order valence-electron chi connectivity index (χ3n) is 6.38. The molecule has 36 heavy (non-hydrogen) atoms. The van der Waals surface area contributed by atoms with E-state index in [1.54, 1.807) is 11.8 Å². The van der Waals surface area contributed by atoms with E-state index in [4.69, 9.17) is 11.6 Å². The molecule has 1 unspecified atom stereocenters. The molecule has 184 valence electrons. The Morgan fingerprint density at radius 1 is 1.03 bits per heavy atom. The van der Waals surface area contributed by atoms with E-state index in [0.29, 0.717) is 17.3 Å². The van der Waals surface area contributed by atoms with Crippen molar-refractivity contribution in [2.75, 3.05) is 0 Å². The van der Waals surface area contributed by atoms with Gasteiger partial charge in [0.1, 0.15) is 0 Å². The summed E-state index contributed by atoms with van der Waals surface area (Å²) in [4.78, 5) is 12.9. The third-order valence-corrected chi connectivity index (χ3v) is 7.62. The van der Waals surface area contributed by atoms with Crippen LogP contribution in [-0.2, 0) is 17.0 Å². The molecular weight excluding hydrogens is 488 g/mol. The van der Waals surface area contributed by atoms with Crippen LogP contribution in [0.15, 0.2) is 78.0 Å². The summed E-state index contributed by atoms with van der Waals surface area (Å²) in [6.07, 6.45) is 2.52. The zero-order valence-corrected chi connectivity index (χ0v) is 22.0. The first-order valence-corrected chi connectivity index (χ1v) is 13.6. The van der Waals surface area contributed by atoms with Crippen LogP contribution in [0.3, 0.4) is 0 Å². The number of hydrogen-bond donors (Lipinski definition) is 1. The number of aryl methyl sites for hydroxylation is 2. The Kier molecular flexibility index (Phi) is 7.44. The van der Waals surface area contributed by atoms with Gasteiger partial charge in [-0.1, -0.05) is 89.6 Å². The molecule has 0 radical (unpaired) electrons. The van der Waals surface area contributed by atoms with Gasteiger partial charge in [0.2, 0.25) is 5.91 Å².